The Labute approximate surface area is 172 Å². The third kappa shape index (κ3) is 4.35. The molecule has 0 saturated carbocycles. The summed E-state index contributed by atoms with van der Waals surface area (Å²) in [6.45, 7) is 4.46. The van der Waals surface area contributed by atoms with Crippen LogP contribution in [0.5, 0.6) is 11.5 Å². The average Bonchev–Trinajstić information content (AvgIpc) is 3.35. The molecule has 6 nitrogen and oxygen atoms in total. The van der Waals surface area contributed by atoms with Crippen LogP contribution in [0.1, 0.15) is 23.1 Å². The molecule has 0 aliphatic carbocycles. The van der Waals surface area contributed by atoms with Gasteiger partial charge < -0.3 is 4.74 Å². The Morgan fingerprint density at radius 2 is 1.83 bits per heavy atom. The molecule has 1 amide bonds. The van der Waals surface area contributed by atoms with Crippen LogP contribution in [0.4, 0.5) is 5.13 Å². The summed E-state index contributed by atoms with van der Waals surface area (Å²) in [5.41, 5.74) is 3.10. The van der Waals surface area contributed by atoms with E-state index < -0.39 is 0 Å². The molecule has 2 aromatic heterocycles. The zero-order valence-corrected chi connectivity index (χ0v) is 16.9. The number of benzene rings is 2. The Hall–Kier alpha value is -3.45. The molecular formula is C22H20N4O2S. The summed E-state index contributed by atoms with van der Waals surface area (Å²) in [4.78, 5) is 17.1. The van der Waals surface area contributed by atoms with Gasteiger partial charge in [-0.25, -0.2) is 4.98 Å². The number of aromatic nitrogens is 3. The van der Waals surface area contributed by atoms with E-state index in [1.54, 1.807) is 10.7 Å². The highest BCUT2D eigenvalue weighted by molar-refractivity contribution is 7.14. The smallest absolute Gasteiger partial charge is 0.275 e. The largest absolute Gasteiger partial charge is 0.457 e. The summed E-state index contributed by atoms with van der Waals surface area (Å²) in [6.07, 6.45) is 0. The fourth-order valence-electron chi connectivity index (χ4n) is 2.91. The van der Waals surface area contributed by atoms with E-state index >= 15 is 0 Å². The lowest BCUT2D eigenvalue weighted by atomic mass is 10.2. The molecule has 4 aromatic rings. The second kappa shape index (κ2) is 8.28. The minimum Gasteiger partial charge on any atom is -0.457 e. The van der Waals surface area contributed by atoms with E-state index in [1.807, 2.05) is 73.8 Å². The molecule has 2 aromatic carbocycles. The summed E-state index contributed by atoms with van der Waals surface area (Å²) in [5, 5.41) is 9.65. The molecule has 0 radical (unpaired) electrons. The van der Waals surface area contributed by atoms with Crippen molar-refractivity contribution >= 4 is 22.4 Å². The quantitative estimate of drug-likeness (QED) is 0.468. The number of carbonyl (C=O) groups excluding carboxylic acids is 1. The van der Waals surface area contributed by atoms with Gasteiger partial charge in [0, 0.05) is 17.5 Å². The highest BCUT2D eigenvalue weighted by Gasteiger charge is 2.15. The molecule has 0 aliphatic rings. The van der Waals surface area contributed by atoms with Gasteiger partial charge in [-0.15, -0.1) is 11.3 Å². The van der Waals surface area contributed by atoms with Gasteiger partial charge in [0.1, 0.15) is 17.2 Å². The summed E-state index contributed by atoms with van der Waals surface area (Å²) >= 11 is 1.39. The summed E-state index contributed by atoms with van der Waals surface area (Å²) in [7, 11) is 0. The maximum absolute atomic E-state index is 12.5. The molecule has 0 unspecified atom stereocenters. The van der Waals surface area contributed by atoms with Gasteiger partial charge in [-0.05, 0) is 56.3 Å². The number of carbonyl (C=O) groups is 1. The number of ether oxygens (including phenoxy) is 1. The van der Waals surface area contributed by atoms with Crippen LogP contribution in [0.25, 0.3) is 11.3 Å². The fraction of sp³-hybridized carbons (Fsp3) is 0.136. The topological polar surface area (TPSA) is 69.0 Å². The van der Waals surface area contributed by atoms with Gasteiger partial charge in [-0.2, -0.15) is 5.10 Å². The monoisotopic (exact) mass is 404 g/mol. The number of thiazole rings is 1. The molecule has 7 heteroatoms. The van der Waals surface area contributed by atoms with Crippen LogP contribution in [0, 0.1) is 6.92 Å². The van der Waals surface area contributed by atoms with Crippen molar-refractivity contribution in [2.24, 2.45) is 0 Å². The Bertz CT molecular complexity index is 1120. The number of amides is 1. The van der Waals surface area contributed by atoms with Gasteiger partial charge in [0.15, 0.2) is 5.13 Å². The Morgan fingerprint density at radius 3 is 2.55 bits per heavy atom. The molecule has 4 rings (SSSR count). The van der Waals surface area contributed by atoms with E-state index in [2.05, 4.69) is 15.4 Å². The third-order valence-electron chi connectivity index (χ3n) is 4.29. The lowest BCUT2D eigenvalue weighted by Crippen LogP contribution is -2.17. The molecule has 1 N–H and O–H groups in total. The maximum Gasteiger partial charge on any atom is 0.275 e. The van der Waals surface area contributed by atoms with E-state index in [4.69, 9.17) is 4.74 Å². The molecule has 0 spiro atoms. The van der Waals surface area contributed by atoms with E-state index in [0.29, 0.717) is 17.4 Å². The molecule has 0 saturated heterocycles. The summed E-state index contributed by atoms with van der Waals surface area (Å²) in [5.74, 6) is 1.34. The number of rotatable bonds is 6. The normalized spacial score (nSPS) is 10.7. The van der Waals surface area contributed by atoms with Crippen LogP contribution in [0.3, 0.4) is 0 Å². The Morgan fingerprint density at radius 1 is 1.10 bits per heavy atom. The van der Waals surface area contributed by atoms with Crippen molar-refractivity contribution in [3.63, 3.8) is 0 Å². The molecule has 0 fully saturated rings. The number of hydrogen-bond acceptors (Lipinski definition) is 5. The van der Waals surface area contributed by atoms with Gasteiger partial charge in [0.2, 0.25) is 0 Å². The summed E-state index contributed by atoms with van der Waals surface area (Å²) in [6, 6.07) is 19.1. The Balaban J connectivity index is 1.45. The van der Waals surface area contributed by atoms with Crippen molar-refractivity contribution in [2.45, 2.75) is 20.4 Å². The first kappa shape index (κ1) is 18.9. The van der Waals surface area contributed by atoms with Crippen molar-refractivity contribution in [1.29, 1.82) is 0 Å². The van der Waals surface area contributed by atoms with Crippen LogP contribution >= 0.6 is 11.3 Å². The minimum absolute atomic E-state index is 0.208. The number of para-hydroxylation sites is 1. The number of aryl methyl sites for hydroxylation is 2. The van der Waals surface area contributed by atoms with E-state index in [9.17, 15) is 4.79 Å². The van der Waals surface area contributed by atoms with Crippen molar-refractivity contribution in [2.75, 3.05) is 5.32 Å². The lowest BCUT2D eigenvalue weighted by molar-refractivity contribution is 0.101. The number of nitrogens with one attached hydrogen (secondary N) is 1. The molecule has 29 heavy (non-hydrogen) atoms. The number of anilines is 1. The van der Waals surface area contributed by atoms with Crippen LogP contribution in [-0.2, 0) is 6.54 Å². The Kier molecular flexibility index (Phi) is 5.39. The molecule has 0 bridgehead atoms. The van der Waals surface area contributed by atoms with Gasteiger partial charge in [0.05, 0.1) is 11.4 Å². The van der Waals surface area contributed by atoms with E-state index in [0.717, 1.165) is 28.5 Å². The predicted octanol–water partition coefficient (Wildman–Crippen LogP) is 5.38. The predicted molar refractivity (Wildman–Crippen MR) is 115 cm³/mol. The molecule has 0 aliphatic heterocycles. The molecule has 146 valence electrons. The molecule has 0 atom stereocenters. The first-order valence-corrected chi connectivity index (χ1v) is 10.1. The lowest BCUT2D eigenvalue weighted by Gasteiger charge is -2.06. The van der Waals surface area contributed by atoms with Gasteiger partial charge in [-0.3, -0.25) is 14.8 Å². The van der Waals surface area contributed by atoms with Crippen molar-refractivity contribution in [3.05, 3.63) is 77.4 Å². The highest BCUT2D eigenvalue weighted by Crippen LogP contribution is 2.28. The van der Waals surface area contributed by atoms with E-state index in [-0.39, 0.29) is 5.91 Å². The van der Waals surface area contributed by atoms with Crippen molar-refractivity contribution in [1.82, 2.24) is 14.8 Å². The van der Waals surface area contributed by atoms with Gasteiger partial charge in [0.25, 0.3) is 5.91 Å². The van der Waals surface area contributed by atoms with Crippen molar-refractivity contribution < 1.29 is 9.53 Å². The van der Waals surface area contributed by atoms with Crippen LogP contribution < -0.4 is 10.1 Å². The highest BCUT2D eigenvalue weighted by atomic mass is 32.1. The third-order valence-corrected chi connectivity index (χ3v) is 5.05. The van der Waals surface area contributed by atoms with E-state index in [1.165, 1.54) is 11.3 Å². The zero-order valence-electron chi connectivity index (χ0n) is 16.1. The minimum atomic E-state index is -0.208. The average molecular weight is 404 g/mol. The van der Waals surface area contributed by atoms with Crippen LogP contribution in [0.15, 0.2) is 66.0 Å². The SMILES string of the molecule is CCn1nc(C)cc1C(=O)Nc1nc(-c2ccc(Oc3ccccc3)cc2)cs1. The second-order valence-corrected chi connectivity index (χ2v) is 7.28. The molecule has 2 heterocycles. The first-order chi connectivity index (χ1) is 14.1. The van der Waals surface area contributed by atoms with Crippen molar-refractivity contribution in [3.8, 4) is 22.8 Å². The van der Waals surface area contributed by atoms with Gasteiger partial charge in [-0.1, -0.05) is 18.2 Å². The maximum atomic E-state index is 12.5. The van der Waals surface area contributed by atoms with Crippen LogP contribution in [0.2, 0.25) is 0 Å². The van der Waals surface area contributed by atoms with Gasteiger partial charge >= 0.3 is 0 Å². The first-order valence-electron chi connectivity index (χ1n) is 9.27. The number of hydrogen-bond donors (Lipinski definition) is 1. The number of nitrogens with zero attached hydrogens (tertiary/aromatic N) is 3. The summed E-state index contributed by atoms with van der Waals surface area (Å²) < 4.78 is 7.50. The van der Waals surface area contributed by atoms with Crippen LogP contribution in [-0.4, -0.2) is 20.7 Å². The second-order valence-electron chi connectivity index (χ2n) is 6.42. The molecular weight excluding hydrogens is 384 g/mol. The zero-order chi connectivity index (χ0) is 20.2. The fourth-order valence-corrected chi connectivity index (χ4v) is 3.63. The standard InChI is InChI=1S/C22H20N4O2S/c1-3-26-20(13-15(2)25-26)21(27)24-22-23-19(14-29-22)16-9-11-18(12-10-16)28-17-7-5-4-6-8-17/h4-14H,3H2,1-2H3,(H,23,24,27).